The zero-order valence-electron chi connectivity index (χ0n) is 13.4. The van der Waals surface area contributed by atoms with Gasteiger partial charge < -0.3 is 4.74 Å². The van der Waals surface area contributed by atoms with Crippen LogP contribution in [0.2, 0.25) is 0 Å². The summed E-state index contributed by atoms with van der Waals surface area (Å²) in [5, 5.41) is 0. The molecule has 0 N–H and O–H groups in total. The van der Waals surface area contributed by atoms with Gasteiger partial charge in [-0.2, -0.15) is 81.5 Å². The average Bonchev–Trinajstić information content (AvgIpc) is 2.52. The lowest BCUT2D eigenvalue weighted by molar-refractivity contribution is -0.439. The Balaban J connectivity index is 5.35. The van der Waals surface area contributed by atoms with E-state index in [1.165, 1.54) is 0 Å². The van der Waals surface area contributed by atoms with Crippen molar-refractivity contribution in [3.63, 3.8) is 0 Å². The second kappa shape index (κ2) is 9.27. The van der Waals surface area contributed by atoms with Gasteiger partial charge in [-0.3, -0.25) is 0 Å². The molecule has 0 aliphatic heterocycles. The van der Waals surface area contributed by atoms with Gasteiger partial charge in [0.1, 0.15) is 0 Å². The lowest BCUT2D eigenvalue weighted by Crippen LogP contribution is -2.70. The number of thiol groups is 1. The van der Waals surface area contributed by atoms with Crippen molar-refractivity contribution in [1.82, 2.24) is 0 Å². The molecule has 1 nitrogen and oxygen atoms in total. The van der Waals surface area contributed by atoms with E-state index in [-0.39, 0.29) is 19.0 Å². The second-order valence-corrected chi connectivity index (χ2v) is 6.87. The highest BCUT2D eigenvalue weighted by Crippen LogP contribution is 2.60. The van der Waals surface area contributed by atoms with Crippen LogP contribution in [0.5, 0.6) is 0 Å². The summed E-state index contributed by atoms with van der Waals surface area (Å²) in [5.41, 5.74) is 0. The average molecular weight is 484 g/mol. The van der Waals surface area contributed by atoms with E-state index in [1.807, 2.05) is 0 Å². The van der Waals surface area contributed by atoms with Crippen molar-refractivity contribution >= 4 is 24.4 Å². The zero-order chi connectivity index (χ0) is 22.7. The molecular weight excluding hydrogens is 471 g/mol. The summed E-state index contributed by atoms with van der Waals surface area (Å²) in [5.74, 6) is -37.3. The van der Waals surface area contributed by atoms with Gasteiger partial charge in [0.2, 0.25) is 0 Å². The third-order valence-electron chi connectivity index (χ3n) is 3.17. The first-order chi connectivity index (χ1) is 12.3. The Morgan fingerprint density at radius 1 is 0.607 bits per heavy atom. The first kappa shape index (κ1) is 27.8. The van der Waals surface area contributed by atoms with E-state index in [0.717, 1.165) is 0 Å². The molecule has 0 aliphatic carbocycles. The van der Waals surface area contributed by atoms with Crippen LogP contribution in [0.4, 0.5) is 57.1 Å². The third kappa shape index (κ3) is 5.26. The molecule has 0 spiro atoms. The first-order valence-electron chi connectivity index (χ1n) is 7.03. The smallest absolute Gasteiger partial charge is 0.380 e. The van der Waals surface area contributed by atoms with Crippen LogP contribution in [-0.4, -0.2) is 66.3 Å². The van der Waals surface area contributed by atoms with Gasteiger partial charge in [0.05, 0.1) is 13.2 Å². The highest BCUT2D eigenvalue weighted by Gasteiger charge is 2.90. The van der Waals surface area contributed by atoms with Crippen LogP contribution in [-0.2, 0) is 4.74 Å². The fourth-order valence-electron chi connectivity index (χ4n) is 1.55. The van der Waals surface area contributed by atoms with Crippen molar-refractivity contribution < 1.29 is 61.8 Å². The van der Waals surface area contributed by atoms with Crippen LogP contribution in [0, 0.1) is 0 Å². The van der Waals surface area contributed by atoms with Gasteiger partial charge in [0, 0.05) is 17.9 Å². The summed E-state index contributed by atoms with van der Waals surface area (Å²) in [7, 11) is 0. The summed E-state index contributed by atoms with van der Waals surface area (Å²) in [4.78, 5) is 0. The normalized spacial score (nSPS) is 15.2. The van der Waals surface area contributed by atoms with Crippen LogP contribution < -0.4 is 0 Å². The molecule has 0 heterocycles. The molecule has 0 amide bonds. The van der Waals surface area contributed by atoms with Crippen LogP contribution >= 0.6 is 24.4 Å². The van der Waals surface area contributed by atoms with Crippen molar-refractivity contribution in [2.45, 2.75) is 42.2 Å². The van der Waals surface area contributed by atoms with Gasteiger partial charge in [-0.25, -0.2) is 0 Å². The molecule has 170 valence electrons. The van der Waals surface area contributed by atoms with Crippen LogP contribution in [0.3, 0.4) is 0 Å². The predicted octanol–water partition coefficient (Wildman–Crippen LogP) is 5.79. The molecular formula is C12H13F13OS2. The summed E-state index contributed by atoms with van der Waals surface area (Å²) in [6.45, 7) is 0.0614. The largest absolute Gasteiger partial charge is 0.460 e. The summed E-state index contributed by atoms with van der Waals surface area (Å²) >= 11 is 4.20. The maximum atomic E-state index is 13.4. The van der Waals surface area contributed by atoms with Crippen molar-refractivity contribution in [3.05, 3.63) is 0 Å². The minimum absolute atomic E-state index is 0.0841. The minimum Gasteiger partial charge on any atom is -0.380 e. The number of ether oxygens (including phenoxy) is 1. The molecule has 0 atom stereocenters. The Kier molecular flexibility index (Phi) is 9.18. The zero-order valence-corrected chi connectivity index (χ0v) is 15.1. The minimum atomic E-state index is -7.85. The Hall–Kier alpha value is -0.250. The maximum absolute atomic E-state index is 13.4. The topological polar surface area (TPSA) is 9.23 Å². The van der Waals surface area contributed by atoms with Crippen LogP contribution in [0.1, 0.15) is 6.42 Å². The second-order valence-electron chi connectivity index (χ2n) is 5.20. The fourth-order valence-corrected chi connectivity index (χ4v) is 2.52. The van der Waals surface area contributed by atoms with E-state index >= 15 is 0 Å². The van der Waals surface area contributed by atoms with E-state index in [9.17, 15) is 57.1 Å². The number of alkyl halides is 13. The summed E-state index contributed by atoms with van der Waals surface area (Å²) in [6, 6.07) is 0. The SMILES string of the molecule is FC(F)(F)C(F)(F)C(F)(F)C(F)(F)C(F)(F)C(F)(F)CCSCCOCCS. The molecule has 0 unspecified atom stereocenters. The van der Waals surface area contributed by atoms with E-state index in [1.54, 1.807) is 0 Å². The van der Waals surface area contributed by atoms with Gasteiger partial charge in [-0.15, -0.1) is 0 Å². The van der Waals surface area contributed by atoms with Gasteiger partial charge in [0.25, 0.3) is 0 Å². The van der Waals surface area contributed by atoms with Crippen molar-refractivity contribution in [2.24, 2.45) is 0 Å². The van der Waals surface area contributed by atoms with E-state index in [2.05, 4.69) is 12.6 Å². The summed E-state index contributed by atoms with van der Waals surface area (Å²) in [6.07, 6.45) is -9.59. The molecule has 0 fully saturated rings. The molecule has 0 rings (SSSR count). The molecule has 28 heavy (non-hydrogen) atoms. The molecule has 0 aromatic rings. The molecule has 0 aromatic carbocycles. The molecule has 0 saturated heterocycles. The quantitative estimate of drug-likeness (QED) is 0.213. The maximum Gasteiger partial charge on any atom is 0.460 e. The van der Waals surface area contributed by atoms with E-state index in [0.29, 0.717) is 17.5 Å². The van der Waals surface area contributed by atoms with Gasteiger partial charge in [-0.05, 0) is 5.75 Å². The number of rotatable bonds is 12. The molecule has 0 radical (unpaired) electrons. The lowest BCUT2D eigenvalue weighted by atomic mass is 9.93. The Labute approximate surface area is 159 Å². The molecule has 0 saturated carbocycles. The van der Waals surface area contributed by atoms with Crippen LogP contribution in [0.25, 0.3) is 0 Å². The summed E-state index contributed by atoms with van der Waals surface area (Å²) < 4.78 is 172. The number of thioether (sulfide) groups is 1. The number of hydrogen-bond donors (Lipinski definition) is 1. The van der Waals surface area contributed by atoms with Crippen LogP contribution in [0.15, 0.2) is 0 Å². The van der Waals surface area contributed by atoms with Gasteiger partial charge in [-0.1, -0.05) is 0 Å². The number of halogens is 13. The van der Waals surface area contributed by atoms with E-state index < -0.39 is 48.0 Å². The lowest BCUT2D eigenvalue weighted by Gasteiger charge is -2.39. The predicted molar refractivity (Wildman–Crippen MR) is 77.4 cm³/mol. The highest BCUT2D eigenvalue weighted by molar-refractivity contribution is 7.99. The molecule has 16 heteroatoms. The van der Waals surface area contributed by atoms with Crippen molar-refractivity contribution in [1.29, 1.82) is 0 Å². The Morgan fingerprint density at radius 3 is 1.50 bits per heavy atom. The van der Waals surface area contributed by atoms with Gasteiger partial charge >= 0.3 is 35.8 Å². The monoisotopic (exact) mass is 484 g/mol. The third-order valence-corrected chi connectivity index (χ3v) is 4.30. The van der Waals surface area contributed by atoms with Gasteiger partial charge in [0.15, 0.2) is 0 Å². The van der Waals surface area contributed by atoms with Crippen molar-refractivity contribution in [2.75, 3.05) is 30.5 Å². The highest BCUT2D eigenvalue weighted by atomic mass is 32.2. The number of hydrogen-bond acceptors (Lipinski definition) is 3. The van der Waals surface area contributed by atoms with Crippen molar-refractivity contribution in [3.8, 4) is 0 Å². The Bertz CT molecular complexity index is 492. The first-order valence-corrected chi connectivity index (χ1v) is 8.82. The molecule has 0 aromatic heterocycles. The standard InChI is InChI=1S/C12H13F13OS2/c13-7(14,1-5-28-6-3-26-2-4-27)8(15,16)9(17,18)10(19,20)11(21,22)12(23,24)25/h27H,1-6H2. The fraction of sp³-hybridized carbons (Fsp3) is 1.00. The molecule has 0 bridgehead atoms. The Morgan fingerprint density at radius 2 is 1.07 bits per heavy atom. The molecule has 0 aliphatic rings. The van der Waals surface area contributed by atoms with E-state index in [4.69, 9.17) is 4.74 Å².